The highest BCUT2D eigenvalue weighted by molar-refractivity contribution is 8.00. The summed E-state index contributed by atoms with van der Waals surface area (Å²) in [6.45, 7) is 8.63. The molecule has 0 unspecified atom stereocenters. The Morgan fingerprint density at radius 1 is 0.912 bits per heavy atom. The molecule has 1 aliphatic heterocycles. The minimum absolute atomic E-state index is 0.227. The molecular formula is C27H34N4O2S. The number of fused-ring (bicyclic) bond motifs is 1. The Morgan fingerprint density at radius 3 is 2.21 bits per heavy atom. The minimum atomic E-state index is -0.463. The smallest absolute Gasteiger partial charge is 0.410 e. The number of carbonyl (C=O) groups is 1. The molecule has 0 spiro atoms. The van der Waals surface area contributed by atoms with E-state index < -0.39 is 5.60 Å². The van der Waals surface area contributed by atoms with E-state index in [0.717, 1.165) is 18.8 Å². The lowest BCUT2D eigenvalue weighted by molar-refractivity contribution is 0.0240. The molecule has 0 aliphatic carbocycles. The zero-order chi connectivity index (χ0) is 24.3. The molecule has 3 aromatic carbocycles. The second-order valence-corrected chi connectivity index (χ2v) is 10.6. The average Bonchev–Trinajstić information content (AvgIpc) is 2.81. The summed E-state index contributed by atoms with van der Waals surface area (Å²) < 4.78 is 8.99. The first-order valence-corrected chi connectivity index (χ1v) is 12.5. The number of amides is 1. The second-order valence-electron chi connectivity index (χ2n) is 9.73. The van der Waals surface area contributed by atoms with Crippen LogP contribution in [0.2, 0.25) is 0 Å². The highest BCUT2D eigenvalue weighted by Gasteiger charge is 2.25. The third-order valence-electron chi connectivity index (χ3n) is 5.78. The SMILES string of the molecule is CN(C)c1cccc2c(SNc3ccc(N4CCN(C(=O)OC(C)(C)C)CC4)cc3)cccc12. The molecule has 0 bridgehead atoms. The Kier molecular flexibility index (Phi) is 7.12. The van der Waals surface area contributed by atoms with Gasteiger partial charge in [0.05, 0.1) is 0 Å². The van der Waals surface area contributed by atoms with Crippen molar-refractivity contribution in [1.29, 1.82) is 0 Å². The van der Waals surface area contributed by atoms with Crippen LogP contribution < -0.4 is 14.5 Å². The van der Waals surface area contributed by atoms with E-state index in [-0.39, 0.29) is 6.09 Å². The number of nitrogens with zero attached hydrogens (tertiary/aromatic N) is 3. The van der Waals surface area contributed by atoms with Crippen LogP contribution in [0.25, 0.3) is 10.8 Å². The van der Waals surface area contributed by atoms with Crippen LogP contribution in [0.15, 0.2) is 65.6 Å². The van der Waals surface area contributed by atoms with Crippen molar-refractivity contribution < 1.29 is 9.53 Å². The molecular weight excluding hydrogens is 444 g/mol. The Morgan fingerprint density at radius 2 is 1.56 bits per heavy atom. The van der Waals surface area contributed by atoms with Gasteiger partial charge in [0.25, 0.3) is 0 Å². The molecule has 1 heterocycles. The lowest BCUT2D eigenvalue weighted by Crippen LogP contribution is -2.50. The molecule has 180 valence electrons. The fourth-order valence-electron chi connectivity index (χ4n) is 4.07. The van der Waals surface area contributed by atoms with Gasteiger partial charge in [-0.05, 0) is 74.5 Å². The number of piperazine rings is 1. The minimum Gasteiger partial charge on any atom is -0.444 e. The Labute approximate surface area is 207 Å². The van der Waals surface area contributed by atoms with Crippen LogP contribution in [0.1, 0.15) is 20.8 Å². The number of hydrogen-bond donors (Lipinski definition) is 1. The van der Waals surface area contributed by atoms with Gasteiger partial charge in [-0.15, -0.1) is 0 Å². The van der Waals surface area contributed by atoms with Gasteiger partial charge in [-0.25, -0.2) is 4.79 Å². The summed E-state index contributed by atoms with van der Waals surface area (Å²) in [5.74, 6) is 0. The van der Waals surface area contributed by atoms with E-state index >= 15 is 0 Å². The quantitative estimate of drug-likeness (QED) is 0.448. The van der Waals surface area contributed by atoms with E-state index in [2.05, 4.69) is 89.3 Å². The first-order valence-electron chi connectivity index (χ1n) is 11.7. The first kappa shape index (κ1) is 24.1. The van der Waals surface area contributed by atoms with Crippen LogP contribution in [0.5, 0.6) is 0 Å². The maximum Gasteiger partial charge on any atom is 0.410 e. The van der Waals surface area contributed by atoms with Crippen molar-refractivity contribution in [3.8, 4) is 0 Å². The van der Waals surface area contributed by atoms with E-state index in [1.165, 1.54) is 27.0 Å². The number of hydrogen-bond acceptors (Lipinski definition) is 6. The zero-order valence-corrected chi connectivity index (χ0v) is 21.5. The van der Waals surface area contributed by atoms with Gasteiger partial charge in [0.2, 0.25) is 0 Å². The van der Waals surface area contributed by atoms with E-state index in [1.807, 2.05) is 20.8 Å². The molecule has 1 amide bonds. The first-order chi connectivity index (χ1) is 16.2. The van der Waals surface area contributed by atoms with Gasteiger partial charge in [0, 0.05) is 67.6 Å². The number of carbonyl (C=O) groups excluding carboxylic acids is 1. The molecule has 1 aliphatic rings. The molecule has 1 N–H and O–H groups in total. The van der Waals surface area contributed by atoms with Gasteiger partial charge in [-0.2, -0.15) is 0 Å². The fourth-order valence-corrected chi connectivity index (χ4v) is 4.87. The third kappa shape index (κ3) is 5.70. The number of anilines is 3. The summed E-state index contributed by atoms with van der Waals surface area (Å²) in [6, 6.07) is 21.4. The number of nitrogens with one attached hydrogen (secondary N) is 1. The second kappa shape index (κ2) is 10.1. The molecule has 6 nitrogen and oxygen atoms in total. The monoisotopic (exact) mass is 478 g/mol. The van der Waals surface area contributed by atoms with E-state index in [1.54, 1.807) is 16.8 Å². The van der Waals surface area contributed by atoms with Crippen LogP contribution in [-0.4, -0.2) is 56.9 Å². The van der Waals surface area contributed by atoms with Crippen molar-refractivity contribution in [3.05, 3.63) is 60.7 Å². The summed E-state index contributed by atoms with van der Waals surface area (Å²) in [5.41, 5.74) is 2.98. The van der Waals surface area contributed by atoms with Crippen molar-refractivity contribution in [3.63, 3.8) is 0 Å². The number of benzene rings is 3. The van der Waals surface area contributed by atoms with Crippen molar-refractivity contribution in [1.82, 2.24) is 4.90 Å². The third-order valence-corrected chi connectivity index (χ3v) is 6.70. The topological polar surface area (TPSA) is 48.0 Å². The maximum absolute atomic E-state index is 12.3. The van der Waals surface area contributed by atoms with Gasteiger partial charge in [-0.3, -0.25) is 0 Å². The highest BCUT2D eigenvalue weighted by atomic mass is 32.2. The van der Waals surface area contributed by atoms with Crippen molar-refractivity contribution in [2.45, 2.75) is 31.3 Å². The van der Waals surface area contributed by atoms with Gasteiger partial charge in [-0.1, -0.05) is 24.3 Å². The highest BCUT2D eigenvalue weighted by Crippen LogP contribution is 2.33. The summed E-state index contributed by atoms with van der Waals surface area (Å²) in [5, 5.41) is 2.49. The molecule has 0 radical (unpaired) electrons. The number of rotatable bonds is 5. The normalized spacial score (nSPS) is 14.3. The van der Waals surface area contributed by atoms with Crippen molar-refractivity contribution in [2.24, 2.45) is 0 Å². The van der Waals surface area contributed by atoms with Gasteiger partial charge >= 0.3 is 6.09 Å². The number of ether oxygens (including phenoxy) is 1. The van der Waals surface area contributed by atoms with E-state index in [9.17, 15) is 4.79 Å². The van der Waals surface area contributed by atoms with Gasteiger partial charge in [0.15, 0.2) is 0 Å². The van der Waals surface area contributed by atoms with E-state index in [4.69, 9.17) is 4.74 Å². The summed E-state index contributed by atoms with van der Waals surface area (Å²) in [6.07, 6.45) is -0.227. The Hall–Kier alpha value is -3.06. The van der Waals surface area contributed by atoms with Crippen molar-refractivity contribution >= 4 is 45.9 Å². The zero-order valence-electron chi connectivity index (χ0n) is 20.7. The maximum atomic E-state index is 12.3. The molecule has 4 rings (SSSR count). The lowest BCUT2D eigenvalue weighted by atomic mass is 10.1. The van der Waals surface area contributed by atoms with E-state index in [0.29, 0.717) is 13.1 Å². The molecule has 1 fully saturated rings. The summed E-state index contributed by atoms with van der Waals surface area (Å²) in [4.78, 5) is 19.7. The fraction of sp³-hybridized carbons (Fsp3) is 0.370. The van der Waals surface area contributed by atoms with Crippen molar-refractivity contribution in [2.75, 3.05) is 54.8 Å². The van der Waals surface area contributed by atoms with Crippen LogP contribution >= 0.6 is 11.9 Å². The molecule has 0 saturated carbocycles. The average molecular weight is 479 g/mol. The van der Waals surface area contributed by atoms with Crippen LogP contribution in [0.4, 0.5) is 21.9 Å². The van der Waals surface area contributed by atoms with Gasteiger partial charge < -0.3 is 24.2 Å². The molecule has 7 heteroatoms. The predicted octanol–water partition coefficient (Wildman–Crippen LogP) is 6.08. The predicted molar refractivity (Wildman–Crippen MR) is 144 cm³/mol. The lowest BCUT2D eigenvalue weighted by Gasteiger charge is -2.36. The standard InChI is InChI=1S/C27H34N4O2S/c1-27(2,3)33-26(32)31-18-16-30(17-19-31)21-14-12-20(13-15-21)28-34-25-11-7-8-22-23(25)9-6-10-24(22)29(4)5/h6-15,28H,16-19H2,1-5H3. The summed E-state index contributed by atoms with van der Waals surface area (Å²) in [7, 11) is 4.15. The molecule has 34 heavy (non-hydrogen) atoms. The largest absolute Gasteiger partial charge is 0.444 e. The van der Waals surface area contributed by atoms with Crippen LogP contribution in [-0.2, 0) is 4.74 Å². The molecule has 0 atom stereocenters. The molecule has 3 aromatic rings. The van der Waals surface area contributed by atoms with Crippen LogP contribution in [0, 0.1) is 0 Å². The Balaban J connectivity index is 1.36. The molecule has 1 saturated heterocycles. The summed E-state index contributed by atoms with van der Waals surface area (Å²) >= 11 is 1.63. The Bertz CT molecular complexity index is 1130. The van der Waals surface area contributed by atoms with Gasteiger partial charge in [0.1, 0.15) is 5.60 Å². The van der Waals surface area contributed by atoms with Crippen LogP contribution in [0.3, 0.4) is 0 Å². The molecule has 0 aromatic heterocycles.